The molecule has 0 aromatic carbocycles. The number of unbranched alkanes of at least 4 members (excludes halogenated alkanes) is 1. The smallest absolute Gasteiger partial charge is 0.253 e. The zero-order valence-corrected chi connectivity index (χ0v) is 11.2. The summed E-state index contributed by atoms with van der Waals surface area (Å²) in [4.78, 5) is 11.8. The van der Waals surface area contributed by atoms with E-state index in [1.807, 2.05) is 6.07 Å². The summed E-state index contributed by atoms with van der Waals surface area (Å²) < 4.78 is 1.28. The lowest BCUT2D eigenvalue weighted by molar-refractivity contribution is 0.393. The van der Waals surface area contributed by atoms with E-state index >= 15 is 0 Å². The molecule has 0 saturated heterocycles. The van der Waals surface area contributed by atoms with Gasteiger partial charge in [-0.2, -0.15) is 5.26 Å². The molecule has 1 aromatic heterocycles. The van der Waals surface area contributed by atoms with E-state index in [-0.39, 0.29) is 17.0 Å². The number of aryl methyl sites for hydroxylation is 1. The summed E-state index contributed by atoms with van der Waals surface area (Å²) >= 11 is 0. The van der Waals surface area contributed by atoms with Crippen LogP contribution in [0.25, 0.3) is 0 Å². The molecule has 4 nitrogen and oxygen atoms in total. The molecular weight excluding hydrogens is 228 g/mol. The van der Waals surface area contributed by atoms with Gasteiger partial charge < -0.3 is 5.11 Å². The van der Waals surface area contributed by atoms with Crippen LogP contribution in [0.1, 0.15) is 44.2 Å². The molecule has 0 bridgehead atoms. The average molecular weight is 248 g/mol. The molecule has 0 fully saturated rings. The molecule has 0 aliphatic carbocycles. The van der Waals surface area contributed by atoms with Gasteiger partial charge in [0.1, 0.15) is 11.6 Å². The molecule has 0 amide bonds. The zero-order chi connectivity index (χ0) is 13.7. The van der Waals surface area contributed by atoms with Crippen molar-refractivity contribution in [1.82, 2.24) is 4.57 Å². The van der Waals surface area contributed by atoms with Gasteiger partial charge in [0.25, 0.3) is 5.56 Å². The van der Waals surface area contributed by atoms with Gasteiger partial charge in [-0.15, -0.1) is 0 Å². The third-order valence-corrected chi connectivity index (χ3v) is 3.00. The quantitative estimate of drug-likeness (QED) is 0.814. The molecule has 1 heterocycles. The largest absolute Gasteiger partial charge is 0.493 e. The van der Waals surface area contributed by atoms with Crippen molar-refractivity contribution in [2.24, 2.45) is 5.92 Å². The molecular formula is C14H20N2O2. The number of aromatic hydroxyl groups is 1. The van der Waals surface area contributed by atoms with Gasteiger partial charge in [-0.05, 0) is 24.8 Å². The Kier molecular flexibility index (Phi) is 4.96. The van der Waals surface area contributed by atoms with Gasteiger partial charge in [0.15, 0.2) is 0 Å². The minimum Gasteiger partial charge on any atom is -0.493 e. The number of pyridine rings is 1. The van der Waals surface area contributed by atoms with Crippen LogP contribution >= 0.6 is 0 Å². The van der Waals surface area contributed by atoms with E-state index in [0.29, 0.717) is 18.0 Å². The fourth-order valence-corrected chi connectivity index (χ4v) is 1.93. The molecule has 0 spiro atoms. The Morgan fingerprint density at radius 1 is 1.44 bits per heavy atom. The van der Waals surface area contributed by atoms with Crippen molar-refractivity contribution in [1.29, 1.82) is 5.26 Å². The van der Waals surface area contributed by atoms with E-state index in [1.165, 1.54) is 10.6 Å². The van der Waals surface area contributed by atoms with Gasteiger partial charge in [0.2, 0.25) is 5.88 Å². The summed E-state index contributed by atoms with van der Waals surface area (Å²) in [5.74, 6) is 0.440. The van der Waals surface area contributed by atoms with E-state index in [0.717, 1.165) is 19.3 Å². The third kappa shape index (κ3) is 3.36. The standard InChI is InChI=1S/C14H20N2O2/c1-10(2)6-4-5-7-16-13(17)8-11(3)12(9-15)14(16)18/h8,10,18H,4-7H2,1-3H3. The van der Waals surface area contributed by atoms with Crippen molar-refractivity contribution in [2.45, 2.75) is 46.6 Å². The third-order valence-electron chi connectivity index (χ3n) is 3.00. The Bertz CT molecular complexity index is 510. The molecule has 0 aliphatic heterocycles. The first-order valence-corrected chi connectivity index (χ1v) is 6.31. The van der Waals surface area contributed by atoms with E-state index in [1.54, 1.807) is 6.92 Å². The van der Waals surface area contributed by atoms with Crippen LogP contribution in [0.2, 0.25) is 0 Å². The Morgan fingerprint density at radius 2 is 2.11 bits per heavy atom. The fourth-order valence-electron chi connectivity index (χ4n) is 1.93. The normalized spacial score (nSPS) is 10.6. The summed E-state index contributed by atoms with van der Waals surface area (Å²) in [6.45, 7) is 6.43. The van der Waals surface area contributed by atoms with Crippen LogP contribution < -0.4 is 5.56 Å². The summed E-state index contributed by atoms with van der Waals surface area (Å²) in [5, 5.41) is 18.8. The fraction of sp³-hybridized carbons (Fsp3) is 0.571. The van der Waals surface area contributed by atoms with Crippen LogP contribution in [0.5, 0.6) is 5.88 Å². The number of hydrogen-bond acceptors (Lipinski definition) is 3. The number of aromatic nitrogens is 1. The molecule has 1 N–H and O–H groups in total. The Morgan fingerprint density at radius 3 is 2.67 bits per heavy atom. The predicted octanol–water partition coefficient (Wildman–Crippen LogP) is 2.56. The molecule has 1 aromatic rings. The Labute approximate surface area is 107 Å². The molecule has 1 rings (SSSR count). The topological polar surface area (TPSA) is 66.0 Å². The minimum atomic E-state index is -0.242. The van der Waals surface area contributed by atoms with Crippen LogP contribution in [0.3, 0.4) is 0 Å². The van der Waals surface area contributed by atoms with Gasteiger partial charge in [0, 0.05) is 12.6 Å². The van der Waals surface area contributed by atoms with Crippen molar-refractivity contribution in [2.75, 3.05) is 0 Å². The van der Waals surface area contributed by atoms with E-state index in [2.05, 4.69) is 13.8 Å². The first-order chi connectivity index (χ1) is 8.47. The Hall–Kier alpha value is -1.76. The number of rotatable bonds is 5. The lowest BCUT2D eigenvalue weighted by atomic mass is 10.1. The van der Waals surface area contributed by atoms with Crippen molar-refractivity contribution in [3.8, 4) is 11.9 Å². The highest BCUT2D eigenvalue weighted by atomic mass is 16.3. The SMILES string of the molecule is Cc1cc(=O)n(CCCCC(C)C)c(O)c1C#N. The lowest BCUT2D eigenvalue weighted by Gasteiger charge is -2.11. The van der Waals surface area contributed by atoms with E-state index in [9.17, 15) is 9.90 Å². The van der Waals surface area contributed by atoms with Crippen molar-refractivity contribution in [3.63, 3.8) is 0 Å². The summed E-state index contributed by atoms with van der Waals surface area (Å²) in [6.07, 6.45) is 2.95. The highest BCUT2D eigenvalue weighted by Gasteiger charge is 2.11. The van der Waals surface area contributed by atoms with Gasteiger partial charge >= 0.3 is 0 Å². The molecule has 0 saturated carbocycles. The van der Waals surface area contributed by atoms with E-state index < -0.39 is 0 Å². The summed E-state index contributed by atoms with van der Waals surface area (Å²) in [5.41, 5.74) is 0.477. The van der Waals surface area contributed by atoms with Gasteiger partial charge in [-0.3, -0.25) is 9.36 Å². The second kappa shape index (κ2) is 6.25. The number of hydrogen-bond donors (Lipinski definition) is 1. The maximum atomic E-state index is 11.8. The monoisotopic (exact) mass is 248 g/mol. The van der Waals surface area contributed by atoms with Crippen LogP contribution in [-0.2, 0) is 6.54 Å². The molecule has 0 aliphatic rings. The molecule has 0 unspecified atom stereocenters. The van der Waals surface area contributed by atoms with Crippen LogP contribution in [0, 0.1) is 24.2 Å². The first kappa shape index (κ1) is 14.3. The van der Waals surface area contributed by atoms with Crippen LogP contribution in [0.15, 0.2) is 10.9 Å². The first-order valence-electron chi connectivity index (χ1n) is 6.31. The molecule has 4 heteroatoms. The van der Waals surface area contributed by atoms with Gasteiger partial charge in [0.05, 0.1) is 0 Å². The van der Waals surface area contributed by atoms with Crippen molar-refractivity contribution in [3.05, 3.63) is 27.5 Å². The molecule has 98 valence electrons. The second-order valence-electron chi connectivity index (χ2n) is 5.02. The second-order valence-corrected chi connectivity index (χ2v) is 5.02. The predicted molar refractivity (Wildman–Crippen MR) is 70.5 cm³/mol. The van der Waals surface area contributed by atoms with Crippen molar-refractivity contribution < 1.29 is 5.11 Å². The zero-order valence-electron chi connectivity index (χ0n) is 11.2. The molecule has 0 radical (unpaired) electrons. The van der Waals surface area contributed by atoms with Gasteiger partial charge in [-0.1, -0.05) is 26.7 Å². The van der Waals surface area contributed by atoms with Crippen molar-refractivity contribution >= 4 is 0 Å². The Balaban J connectivity index is 2.84. The van der Waals surface area contributed by atoms with Crippen LogP contribution in [0.4, 0.5) is 0 Å². The number of nitriles is 1. The maximum absolute atomic E-state index is 11.8. The van der Waals surface area contributed by atoms with Gasteiger partial charge in [-0.25, -0.2) is 0 Å². The molecule has 18 heavy (non-hydrogen) atoms. The lowest BCUT2D eigenvalue weighted by Crippen LogP contribution is -2.21. The summed E-state index contributed by atoms with van der Waals surface area (Å²) in [6, 6.07) is 3.33. The average Bonchev–Trinajstić information content (AvgIpc) is 2.27. The minimum absolute atomic E-state index is 0.193. The highest BCUT2D eigenvalue weighted by Crippen LogP contribution is 2.18. The van der Waals surface area contributed by atoms with Crippen LogP contribution in [-0.4, -0.2) is 9.67 Å². The maximum Gasteiger partial charge on any atom is 0.253 e. The van der Waals surface area contributed by atoms with E-state index in [4.69, 9.17) is 5.26 Å². The number of nitrogens with zero attached hydrogens (tertiary/aromatic N) is 2. The highest BCUT2D eigenvalue weighted by molar-refractivity contribution is 5.43. The molecule has 0 atom stereocenters. The summed E-state index contributed by atoms with van der Waals surface area (Å²) in [7, 11) is 0.